The molecule has 0 radical (unpaired) electrons. The van der Waals surface area contributed by atoms with Crippen molar-refractivity contribution in [3.63, 3.8) is 0 Å². The van der Waals surface area contributed by atoms with E-state index in [2.05, 4.69) is 0 Å². The number of nitrogens with zero attached hydrogens (tertiary/aromatic N) is 1. The minimum atomic E-state index is -1.21. The molecule has 1 aliphatic heterocycles. The normalized spacial score (nSPS) is 16.2. The molecule has 5 rings (SSSR count). The number of carbonyl (C=O) groups is 2. The van der Waals surface area contributed by atoms with Crippen molar-refractivity contribution < 1.29 is 27.9 Å². The zero-order valence-corrected chi connectivity index (χ0v) is 17.5. The number of halogens is 3. The van der Waals surface area contributed by atoms with Crippen LogP contribution in [0.1, 0.15) is 22.2 Å². The summed E-state index contributed by atoms with van der Waals surface area (Å²) in [6.45, 7) is 0. The Hall–Kier alpha value is -3.97. The summed E-state index contributed by atoms with van der Waals surface area (Å²) >= 11 is 6.00. The predicted octanol–water partition coefficient (Wildman–Crippen LogP) is 6.15. The first-order chi connectivity index (χ1) is 15.8. The number of carbonyl (C=O) groups excluding carboxylic acids is 2. The zero-order valence-electron chi connectivity index (χ0n) is 16.8. The molecule has 1 aliphatic rings. The lowest BCUT2D eigenvalue weighted by Gasteiger charge is -2.27. The van der Waals surface area contributed by atoms with E-state index in [1.54, 1.807) is 48.5 Å². The molecular weight excluding hydrogens is 452 g/mol. The number of fused-ring (bicyclic) bond motifs is 1. The summed E-state index contributed by atoms with van der Waals surface area (Å²) in [5.41, 5.74) is 0.0946. The third kappa shape index (κ3) is 3.47. The summed E-state index contributed by atoms with van der Waals surface area (Å²) in [5, 5.41) is 11.7. The van der Waals surface area contributed by atoms with Crippen molar-refractivity contribution >= 4 is 39.9 Å². The molecule has 0 saturated carbocycles. The summed E-state index contributed by atoms with van der Waals surface area (Å²) in [7, 11) is 0. The van der Waals surface area contributed by atoms with Gasteiger partial charge in [-0.2, -0.15) is 0 Å². The molecule has 0 spiro atoms. The maximum absolute atomic E-state index is 14.7. The number of anilines is 1. The molecule has 0 fully saturated rings. The molecule has 1 N–H and O–H groups in total. The lowest BCUT2D eigenvalue weighted by molar-refractivity contribution is -0.117. The number of hydrogen-bond acceptors (Lipinski definition) is 4. The first-order valence-corrected chi connectivity index (χ1v) is 10.2. The van der Waals surface area contributed by atoms with Crippen molar-refractivity contribution in [3.05, 3.63) is 112 Å². The number of benzene rings is 3. The minimum Gasteiger partial charge on any atom is -0.503 e. The van der Waals surface area contributed by atoms with E-state index in [1.807, 2.05) is 0 Å². The molecule has 1 aromatic heterocycles. The molecule has 8 heteroatoms. The molecule has 0 saturated heterocycles. The van der Waals surface area contributed by atoms with Gasteiger partial charge in [-0.15, -0.1) is 0 Å². The molecule has 2 heterocycles. The van der Waals surface area contributed by atoms with Crippen molar-refractivity contribution in [1.82, 2.24) is 0 Å². The summed E-state index contributed by atoms with van der Waals surface area (Å²) in [4.78, 5) is 27.4. The van der Waals surface area contributed by atoms with E-state index in [-0.39, 0.29) is 11.3 Å². The van der Waals surface area contributed by atoms with Crippen LogP contribution in [0, 0.1) is 11.6 Å². The van der Waals surface area contributed by atoms with Gasteiger partial charge in [-0.25, -0.2) is 8.78 Å². The Morgan fingerprint density at radius 2 is 1.76 bits per heavy atom. The van der Waals surface area contributed by atoms with Crippen LogP contribution >= 0.6 is 11.6 Å². The highest BCUT2D eigenvalue weighted by Crippen LogP contribution is 2.43. The second-order valence-corrected chi connectivity index (χ2v) is 7.90. The number of aliphatic hydroxyl groups is 1. The average molecular weight is 466 g/mol. The fourth-order valence-electron chi connectivity index (χ4n) is 3.97. The minimum absolute atomic E-state index is 0.135. The standard InChI is InChI=1S/C25H14ClF2NO4/c26-15-6-9-19-14(10-15)11-20(33-19)23(30)21-22(13-4-2-1-3-5-13)29(25(32)24(21)31)18-12-16(27)7-8-17(18)28/h1-12,22,31H. The monoisotopic (exact) mass is 465 g/mol. The van der Waals surface area contributed by atoms with Crippen LogP contribution in [0.15, 0.2) is 88.5 Å². The summed E-state index contributed by atoms with van der Waals surface area (Å²) in [6.07, 6.45) is 0. The van der Waals surface area contributed by atoms with E-state index < -0.39 is 40.8 Å². The van der Waals surface area contributed by atoms with E-state index in [0.717, 1.165) is 23.1 Å². The maximum Gasteiger partial charge on any atom is 0.294 e. The first kappa shape index (κ1) is 20.9. The quantitative estimate of drug-likeness (QED) is 0.367. The second kappa shape index (κ2) is 7.86. The number of Topliss-reactive ketones (excluding diaryl/α,β-unsaturated/α-hetero) is 1. The Bertz CT molecular complexity index is 1460. The fourth-order valence-corrected chi connectivity index (χ4v) is 4.15. The molecule has 33 heavy (non-hydrogen) atoms. The van der Waals surface area contributed by atoms with Crippen LogP contribution in [0.3, 0.4) is 0 Å². The van der Waals surface area contributed by atoms with E-state index in [4.69, 9.17) is 16.0 Å². The number of hydrogen-bond donors (Lipinski definition) is 1. The van der Waals surface area contributed by atoms with Gasteiger partial charge >= 0.3 is 0 Å². The molecule has 1 unspecified atom stereocenters. The van der Waals surface area contributed by atoms with Crippen LogP contribution in [0.4, 0.5) is 14.5 Å². The molecule has 164 valence electrons. The smallest absolute Gasteiger partial charge is 0.294 e. The van der Waals surface area contributed by atoms with Gasteiger partial charge in [-0.3, -0.25) is 14.5 Å². The van der Waals surface area contributed by atoms with Crippen molar-refractivity contribution in [2.45, 2.75) is 6.04 Å². The number of amides is 1. The van der Waals surface area contributed by atoms with Gasteiger partial charge in [0.25, 0.3) is 5.91 Å². The van der Waals surface area contributed by atoms with E-state index in [9.17, 15) is 23.5 Å². The highest BCUT2D eigenvalue weighted by molar-refractivity contribution is 6.31. The molecule has 5 nitrogen and oxygen atoms in total. The number of rotatable bonds is 4. The predicted molar refractivity (Wildman–Crippen MR) is 118 cm³/mol. The first-order valence-electron chi connectivity index (χ1n) is 9.85. The van der Waals surface area contributed by atoms with Crippen molar-refractivity contribution in [2.75, 3.05) is 4.90 Å². The summed E-state index contributed by atoms with van der Waals surface area (Å²) in [6, 6.07) is 15.9. The Kier molecular flexibility index (Phi) is 4.98. The van der Waals surface area contributed by atoms with Gasteiger partial charge in [0.15, 0.2) is 11.5 Å². The summed E-state index contributed by atoms with van der Waals surface area (Å²) in [5.74, 6) is -4.46. The van der Waals surface area contributed by atoms with Gasteiger partial charge in [0, 0.05) is 16.5 Å². The Labute approximate surface area is 191 Å². The van der Waals surface area contributed by atoms with E-state index in [0.29, 0.717) is 21.6 Å². The largest absolute Gasteiger partial charge is 0.503 e. The average Bonchev–Trinajstić information content (AvgIpc) is 3.34. The van der Waals surface area contributed by atoms with Gasteiger partial charge in [0.2, 0.25) is 5.78 Å². The lowest BCUT2D eigenvalue weighted by Crippen LogP contribution is -2.31. The SMILES string of the molecule is O=C(C1=C(O)C(=O)N(c2cc(F)ccc2F)C1c1ccccc1)c1cc2cc(Cl)ccc2o1. The summed E-state index contributed by atoms with van der Waals surface area (Å²) < 4.78 is 34.2. The molecule has 3 aromatic carbocycles. The number of ketones is 1. The van der Waals surface area contributed by atoms with Crippen molar-refractivity contribution in [3.8, 4) is 0 Å². The number of aliphatic hydroxyl groups excluding tert-OH is 1. The molecule has 0 aliphatic carbocycles. The van der Waals surface area contributed by atoms with Gasteiger partial charge in [0.1, 0.15) is 17.2 Å². The van der Waals surface area contributed by atoms with E-state index >= 15 is 0 Å². The fraction of sp³-hybridized carbons (Fsp3) is 0.0400. The third-order valence-corrected chi connectivity index (χ3v) is 5.67. The highest BCUT2D eigenvalue weighted by atomic mass is 35.5. The zero-order chi connectivity index (χ0) is 23.3. The van der Waals surface area contributed by atoms with Crippen molar-refractivity contribution in [2.24, 2.45) is 0 Å². The Morgan fingerprint density at radius 3 is 2.52 bits per heavy atom. The van der Waals surface area contributed by atoms with E-state index in [1.165, 1.54) is 6.07 Å². The van der Waals surface area contributed by atoms with Gasteiger partial charge in [-0.1, -0.05) is 41.9 Å². The Morgan fingerprint density at radius 1 is 1.00 bits per heavy atom. The molecule has 1 amide bonds. The van der Waals surface area contributed by atoms with Gasteiger partial charge in [0.05, 0.1) is 17.3 Å². The molecule has 1 atom stereocenters. The topological polar surface area (TPSA) is 70.8 Å². The molecule has 4 aromatic rings. The number of furan rings is 1. The van der Waals surface area contributed by atoms with Gasteiger partial charge in [-0.05, 0) is 42.0 Å². The maximum atomic E-state index is 14.7. The van der Waals surface area contributed by atoms with Crippen molar-refractivity contribution in [1.29, 1.82) is 0 Å². The third-order valence-electron chi connectivity index (χ3n) is 5.44. The van der Waals surface area contributed by atoms with Crippen LogP contribution in [-0.2, 0) is 4.79 Å². The van der Waals surface area contributed by atoms with Crippen LogP contribution in [0.25, 0.3) is 11.0 Å². The van der Waals surface area contributed by atoms with Crippen LogP contribution < -0.4 is 4.90 Å². The van der Waals surface area contributed by atoms with Crippen LogP contribution in [0.2, 0.25) is 5.02 Å². The lowest BCUT2D eigenvalue weighted by atomic mass is 9.94. The molecule has 0 bridgehead atoms. The van der Waals surface area contributed by atoms with Crippen LogP contribution in [-0.4, -0.2) is 16.8 Å². The highest BCUT2D eigenvalue weighted by Gasteiger charge is 2.46. The molecular formula is C25H14ClF2NO4. The second-order valence-electron chi connectivity index (χ2n) is 7.47. The van der Waals surface area contributed by atoms with Crippen LogP contribution in [0.5, 0.6) is 0 Å². The Balaban J connectivity index is 1.68. The van der Waals surface area contributed by atoms with Gasteiger partial charge < -0.3 is 9.52 Å².